The molecule has 0 saturated heterocycles. The van der Waals surface area contributed by atoms with Gasteiger partial charge in [0.05, 0.1) is 9.77 Å². The van der Waals surface area contributed by atoms with Crippen LogP contribution in [0.25, 0.3) is 10.6 Å². The second-order valence-corrected chi connectivity index (χ2v) is 6.56. The third-order valence-electron chi connectivity index (χ3n) is 2.17. The Hall–Kier alpha value is -1.53. The molecular weight excluding hydrogens is 258 g/mol. The Morgan fingerprint density at radius 1 is 1.24 bits per heavy atom. The summed E-state index contributed by atoms with van der Waals surface area (Å²) in [5, 5.41) is 0.701. The van der Waals surface area contributed by atoms with Crippen LogP contribution in [-0.4, -0.2) is 25.9 Å². The minimum atomic E-state index is -3.17. The molecule has 0 amide bonds. The number of rotatable bonds is 3. The number of sulfone groups is 1. The number of carbonyl (C=O) groups excluding carboxylic acids is 1. The van der Waals surface area contributed by atoms with Gasteiger partial charge in [0.1, 0.15) is 5.01 Å². The maximum atomic E-state index is 11.3. The predicted octanol–water partition coefficient (Wildman–Crippen LogP) is 2.03. The molecule has 1 aromatic carbocycles. The Morgan fingerprint density at radius 3 is 2.35 bits per heavy atom. The van der Waals surface area contributed by atoms with Crippen LogP contribution < -0.4 is 0 Å². The molecule has 0 fully saturated rings. The van der Waals surface area contributed by atoms with E-state index in [0.717, 1.165) is 18.1 Å². The summed E-state index contributed by atoms with van der Waals surface area (Å²) in [6, 6.07) is 6.44. The Labute approximate surface area is 103 Å². The van der Waals surface area contributed by atoms with E-state index in [2.05, 4.69) is 4.98 Å². The summed E-state index contributed by atoms with van der Waals surface area (Å²) in [6.07, 6.45) is 3.40. The summed E-state index contributed by atoms with van der Waals surface area (Å²) >= 11 is 1.27. The Bertz CT molecular complexity index is 642. The summed E-state index contributed by atoms with van der Waals surface area (Å²) < 4.78 is 22.5. The summed E-state index contributed by atoms with van der Waals surface area (Å²) in [4.78, 5) is 15.4. The fourth-order valence-corrected chi connectivity index (χ4v) is 2.69. The third-order valence-corrected chi connectivity index (χ3v) is 4.27. The lowest BCUT2D eigenvalue weighted by atomic mass is 10.2. The molecule has 1 heterocycles. The fraction of sp³-hybridized carbons (Fsp3) is 0.0909. The van der Waals surface area contributed by atoms with E-state index in [1.54, 1.807) is 12.1 Å². The standard InChI is InChI=1S/C11H9NO3S2/c1-17(14,15)10-4-2-8(3-5-10)11-12-6-9(7-13)16-11/h2-7H,1H3. The highest BCUT2D eigenvalue weighted by atomic mass is 32.2. The zero-order valence-electron chi connectivity index (χ0n) is 8.95. The summed E-state index contributed by atoms with van der Waals surface area (Å²) in [7, 11) is -3.17. The van der Waals surface area contributed by atoms with E-state index < -0.39 is 9.84 Å². The summed E-state index contributed by atoms with van der Waals surface area (Å²) in [5.41, 5.74) is 0.801. The van der Waals surface area contributed by atoms with Crippen LogP contribution in [0.1, 0.15) is 9.67 Å². The van der Waals surface area contributed by atoms with Gasteiger partial charge in [-0.2, -0.15) is 0 Å². The molecule has 6 heteroatoms. The third kappa shape index (κ3) is 2.59. The van der Waals surface area contributed by atoms with Crippen molar-refractivity contribution in [1.29, 1.82) is 0 Å². The average molecular weight is 267 g/mol. The van der Waals surface area contributed by atoms with Crippen LogP contribution in [0.5, 0.6) is 0 Å². The van der Waals surface area contributed by atoms with Crippen molar-refractivity contribution in [2.45, 2.75) is 4.90 Å². The minimum Gasteiger partial charge on any atom is -0.297 e. The van der Waals surface area contributed by atoms with E-state index in [9.17, 15) is 13.2 Å². The molecule has 0 aliphatic heterocycles. The Morgan fingerprint density at radius 2 is 1.88 bits per heavy atom. The van der Waals surface area contributed by atoms with E-state index in [4.69, 9.17) is 0 Å². The van der Waals surface area contributed by atoms with Crippen molar-refractivity contribution in [3.8, 4) is 10.6 Å². The van der Waals surface area contributed by atoms with Crippen molar-refractivity contribution < 1.29 is 13.2 Å². The van der Waals surface area contributed by atoms with Crippen LogP contribution in [0.3, 0.4) is 0 Å². The predicted molar refractivity (Wildman–Crippen MR) is 66.0 cm³/mol. The zero-order valence-corrected chi connectivity index (χ0v) is 10.6. The highest BCUT2D eigenvalue weighted by Gasteiger charge is 2.08. The SMILES string of the molecule is CS(=O)(=O)c1ccc(-c2ncc(C=O)s2)cc1. The van der Waals surface area contributed by atoms with Gasteiger partial charge in [0.25, 0.3) is 0 Å². The lowest BCUT2D eigenvalue weighted by molar-refractivity contribution is 0.112. The zero-order chi connectivity index (χ0) is 12.5. The highest BCUT2D eigenvalue weighted by molar-refractivity contribution is 7.90. The first kappa shape index (κ1) is 11.9. The molecule has 0 N–H and O–H groups in total. The Balaban J connectivity index is 2.38. The quantitative estimate of drug-likeness (QED) is 0.798. The number of aromatic nitrogens is 1. The normalized spacial score (nSPS) is 11.4. The lowest BCUT2D eigenvalue weighted by Crippen LogP contribution is -1.96. The number of benzene rings is 1. The second kappa shape index (κ2) is 4.38. The van der Waals surface area contributed by atoms with Gasteiger partial charge in [-0.3, -0.25) is 4.79 Å². The molecule has 0 bridgehead atoms. The van der Waals surface area contributed by atoms with Crippen molar-refractivity contribution in [1.82, 2.24) is 4.98 Å². The lowest BCUT2D eigenvalue weighted by Gasteiger charge is -1.99. The molecule has 17 heavy (non-hydrogen) atoms. The summed E-state index contributed by atoms with van der Waals surface area (Å²) in [5.74, 6) is 0. The van der Waals surface area contributed by atoms with Gasteiger partial charge in [-0.25, -0.2) is 13.4 Å². The van der Waals surface area contributed by atoms with Gasteiger partial charge in [-0.1, -0.05) is 12.1 Å². The second-order valence-electron chi connectivity index (χ2n) is 3.48. The van der Waals surface area contributed by atoms with Crippen LogP contribution in [0.2, 0.25) is 0 Å². The Kier molecular flexibility index (Phi) is 3.08. The largest absolute Gasteiger partial charge is 0.297 e. The van der Waals surface area contributed by atoms with Crippen molar-refractivity contribution in [2.24, 2.45) is 0 Å². The number of aldehydes is 1. The van der Waals surface area contributed by atoms with Gasteiger partial charge in [0, 0.05) is 18.0 Å². The smallest absolute Gasteiger partial charge is 0.175 e. The number of thiazole rings is 1. The van der Waals surface area contributed by atoms with Crippen molar-refractivity contribution >= 4 is 27.5 Å². The number of nitrogens with zero attached hydrogens (tertiary/aromatic N) is 1. The van der Waals surface area contributed by atoms with E-state index in [1.807, 2.05) is 0 Å². The summed E-state index contributed by atoms with van der Waals surface area (Å²) in [6.45, 7) is 0. The van der Waals surface area contributed by atoms with E-state index >= 15 is 0 Å². The molecular formula is C11H9NO3S2. The molecule has 0 saturated carbocycles. The highest BCUT2D eigenvalue weighted by Crippen LogP contribution is 2.25. The molecule has 0 aliphatic rings. The van der Waals surface area contributed by atoms with Crippen LogP contribution in [0.15, 0.2) is 35.4 Å². The average Bonchev–Trinajstić information content (AvgIpc) is 2.76. The number of carbonyl (C=O) groups is 1. The van der Waals surface area contributed by atoms with Gasteiger partial charge in [-0.15, -0.1) is 11.3 Å². The monoisotopic (exact) mass is 267 g/mol. The first-order chi connectivity index (χ1) is 8.00. The van der Waals surface area contributed by atoms with Gasteiger partial charge < -0.3 is 0 Å². The van der Waals surface area contributed by atoms with E-state index in [-0.39, 0.29) is 4.90 Å². The molecule has 0 spiro atoms. The fourth-order valence-electron chi connectivity index (χ4n) is 1.32. The molecule has 0 atom stereocenters. The van der Waals surface area contributed by atoms with Crippen molar-refractivity contribution in [3.05, 3.63) is 35.3 Å². The van der Waals surface area contributed by atoms with Crippen molar-refractivity contribution in [3.63, 3.8) is 0 Å². The van der Waals surface area contributed by atoms with Gasteiger partial charge in [0.2, 0.25) is 0 Å². The van der Waals surface area contributed by atoms with Crippen LogP contribution in [-0.2, 0) is 9.84 Å². The molecule has 2 aromatic rings. The molecule has 4 nitrogen and oxygen atoms in total. The molecule has 1 aromatic heterocycles. The molecule has 0 unspecified atom stereocenters. The maximum absolute atomic E-state index is 11.3. The molecule has 0 aliphatic carbocycles. The van der Waals surface area contributed by atoms with Crippen LogP contribution in [0.4, 0.5) is 0 Å². The van der Waals surface area contributed by atoms with E-state index in [1.165, 1.54) is 29.7 Å². The molecule has 2 rings (SSSR count). The number of hydrogen-bond donors (Lipinski definition) is 0. The van der Waals surface area contributed by atoms with Gasteiger partial charge in [-0.05, 0) is 12.1 Å². The van der Waals surface area contributed by atoms with Crippen LogP contribution >= 0.6 is 11.3 Å². The molecule has 88 valence electrons. The van der Waals surface area contributed by atoms with Crippen molar-refractivity contribution in [2.75, 3.05) is 6.26 Å². The first-order valence-corrected chi connectivity index (χ1v) is 7.43. The topological polar surface area (TPSA) is 64.1 Å². The maximum Gasteiger partial charge on any atom is 0.175 e. The minimum absolute atomic E-state index is 0.272. The van der Waals surface area contributed by atoms with Gasteiger partial charge >= 0.3 is 0 Å². The van der Waals surface area contributed by atoms with Crippen LogP contribution in [0, 0.1) is 0 Å². The first-order valence-electron chi connectivity index (χ1n) is 4.72. The van der Waals surface area contributed by atoms with Gasteiger partial charge in [0.15, 0.2) is 16.1 Å². The van der Waals surface area contributed by atoms with E-state index in [0.29, 0.717) is 9.88 Å². The molecule has 0 radical (unpaired) electrons. The number of hydrogen-bond acceptors (Lipinski definition) is 5.